The molecule has 2 fully saturated rings. The van der Waals surface area contributed by atoms with Crippen molar-refractivity contribution in [2.24, 2.45) is 22.7 Å². The monoisotopic (exact) mass is 558 g/mol. The van der Waals surface area contributed by atoms with Gasteiger partial charge >= 0.3 is 0 Å². The third-order valence-corrected chi connectivity index (χ3v) is 9.04. The summed E-state index contributed by atoms with van der Waals surface area (Å²) in [5.41, 5.74) is 2.23. The lowest BCUT2D eigenvalue weighted by Crippen LogP contribution is -2.56. The van der Waals surface area contributed by atoms with E-state index >= 15 is 0 Å². The Labute approximate surface area is 210 Å². The fourth-order valence-corrected chi connectivity index (χ4v) is 6.96. The molecule has 0 aromatic carbocycles. The molecule has 0 aliphatic heterocycles. The molecule has 178 valence electrons. The summed E-state index contributed by atoms with van der Waals surface area (Å²) in [5.74, 6) is 5.08. The summed E-state index contributed by atoms with van der Waals surface area (Å²) in [6.07, 6.45) is 15.2. The number of rotatable bonds is 5. The van der Waals surface area contributed by atoms with E-state index in [9.17, 15) is 0 Å². The van der Waals surface area contributed by atoms with E-state index in [0.717, 1.165) is 12.5 Å². The lowest BCUT2D eigenvalue weighted by Gasteiger charge is -2.60. The largest absolute Gasteiger partial charge is 0.375 e. The van der Waals surface area contributed by atoms with Crippen molar-refractivity contribution in [2.45, 2.75) is 111 Å². The van der Waals surface area contributed by atoms with Crippen molar-refractivity contribution in [3.05, 3.63) is 24.8 Å². The minimum Gasteiger partial charge on any atom is -0.375 e. The van der Waals surface area contributed by atoms with Gasteiger partial charge in [-0.25, -0.2) is 0 Å². The first-order chi connectivity index (χ1) is 14.9. The second kappa shape index (κ2) is 13.7. The molecule has 0 aromatic rings. The maximum absolute atomic E-state index is 6.55. The summed E-state index contributed by atoms with van der Waals surface area (Å²) < 4.78 is 6.55. The number of hydrogen-bond donors (Lipinski definition) is 0. The quantitative estimate of drug-likeness (QED) is 0.144. The molecule has 0 amide bonds. The average Bonchev–Trinajstić information content (AvgIpc) is 2.81. The van der Waals surface area contributed by atoms with E-state index in [1.807, 2.05) is 13.8 Å². The molecule has 1 nitrogen and oxygen atoms in total. The molecule has 5 atom stereocenters. The fraction of sp³-hybridized carbons (Fsp3) is 0.786. The van der Waals surface area contributed by atoms with Crippen molar-refractivity contribution in [2.75, 3.05) is 6.61 Å². The van der Waals surface area contributed by atoms with Crippen LogP contribution >= 0.6 is 30.1 Å². The van der Waals surface area contributed by atoms with Gasteiger partial charge < -0.3 is 4.74 Å². The van der Waals surface area contributed by atoms with Crippen molar-refractivity contribution in [1.82, 2.24) is 0 Å². The molecule has 3 rings (SSSR count). The third-order valence-electron chi connectivity index (χ3n) is 8.20. The van der Waals surface area contributed by atoms with E-state index in [2.05, 4.69) is 79.3 Å². The zero-order valence-electron chi connectivity index (χ0n) is 21.1. The van der Waals surface area contributed by atoms with Gasteiger partial charge in [-0.3, -0.25) is 0 Å². The van der Waals surface area contributed by atoms with Crippen molar-refractivity contribution < 1.29 is 4.74 Å². The summed E-state index contributed by atoms with van der Waals surface area (Å²) in [6, 6.07) is 0. The predicted octanol–water partition coefficient (Wildman–Crippen LogP) is 9.77. The lowest BCUT2D eigenvalue weighted by atomic mass is 9.45. The van der Waals surface area contributed by atoms with Crippen molar-refractivity contribution in [1.29, 1.82) is 0 Å². The van der Waals surface area contributed by atoms with Crippen LogP contribution in [0.15, 0.2) is 24.8 Å². The standard InChI is InChI=1S/C24H37IOS.C2H6.C2H4/c1-5-6-9-17-26-23(4)15-14-22(3)20(19(23)2)11-13-24(16-18-27-25)12-8-7-10-21(22)24;2*1-2/h10,19-20H,5-9,11-15,17H2,1-4H3;1-2H3;1-2H2. The van der Waals surface area contributed by atoms with Crippen molar-refractivity contribution >= 4 is 30.1 Å². The maximum Gasteiger partial charge on any atom is 0.0683 e. The second-order valence-electron chi connectivity index (χ2n) is 9.62. The Bertz CT molecular complexity index is 635. The molecule has 0 bridgehead atoms. The highest BCUT2D eigenvalue weighted by Crippen LogP contribution is 2.65. The van der Waals surface area contributed by atoms with E-state index in [-0.39, 0.29) is 11.0 Å². The second-order valence-corrected chi connectivity index (χ2v) is 11.3. The van der Waals surface area contributed by atoms with Gasteiger partial charge in [0.25, 0.3) is 0 Å². The molecule has 3 aliphatic rings. The summed E-state index contributed by atoms with van der Waals surface area (Å²) in [7, 11) is 1.65. The molecule has 3 aliphatic carbocycles. The van der Waals surface area contributed by atoms with Crippen LogP contribution in [0.5, 0.6) is 0 Å². The van der Waals surface area contributed by atoms with Gasteiger partial charge in [-0.1, -0.05) is 59.5 Å². The highest BCUT2D eigenvalue weighted by atomic mass is 127. The molecule has 0 spiro atoms. The highest BCUT2D eigenvalue weighted by Gasteiger charge is 2.58. The number of fused-ring (bicyclic) bond motifs is 3. The van der Waals surface area contributed by atoms with Gasteiger partial charge in [-0.2, -0.15) is 0 Å². The Kier molecular flexibility index (Phi) is 12.9. The van der Waals surface area contributed by atoms with Crippen molar-refractivity contribution in [3.8, 4) is 11.2 Å². The van der Waals surface area contributed by atoms with E-state index in [4.69, 9.17) is 4.74 Å². The first-order valence-electron chi connectivity index (χ1n) is 12.6. The number of allylic oxidation sites excluding steroid dienone is 2. The Morgan fingerprint density at radius 3 is 2.52 bits per heavy atom. The van der Waals surface area contributed by atoms with Gasteiger partial charge in [0.15, 0.2) is 0 Å². The van der Waals surface area contributed by atoms with Gasteiger partial charge in [0, 0.05) is 27.8 Å². The minimum absolute atomic E-state index is 0.0525. The summed E-state index contributed by atoms with van der Waals surface area (Å²) in [6.45, 7) is 20.6. The number of hydrogen-bond acceptors (Lipinski definition) is 2. The van der Waals surface area contributed by atoms with Crippen LogP contribution in [0, 0.1) is 33.8 Å². The number of ether oxygens (including phenoxy) is 1. The van der Waals surface area contributed by atoms with E-state index < -0.39 is 0 Å². The summed E-state index contributed by atoms with van der Waals surface area (Å²) in [4.78, 5) is 0. The fourth-order valence-electron chi connectivity index (χ4n) is 6.39. The van der Waals surface area contributed by atoms with Crippen LogP contribution in [-0.2, 0) is 4.74 Å². The topological polar surface area (TPSA) is 9.23 Å². The Balaban J connectivity index is 0.00000113. The zero-order chi connectivity index (χ0) is 23.5. The molecule has 0 aromatic heterocycles. The lowest BCUT2D eigenvalue weighted by molar-refractivity contribution is -0.146. The normalized spacial score (nSPS) is 36.0. The van der Waals surface area contributed by atoms with Crippen LogP contribution in [0.4, 0.5) is 0 Å². The molecule has 3 heteroatoms. The van der Waals surface area contributed by atoms with Gasteiger partial charge in [0.05, 0.1) is 11.0 Å². The molecular formula is C28H47IOS. The van der Waals surface area contributed by atoms with Crippen LogP contribution in [0.1, 0.15) is 106 Å². The Hall–Kier alpha value is 0.0800. The average molecular weight is 559 g/mol. The summed E-state index contributed by atoms with van der Waals surface area (Å²) >= 11 is 2.32. The van der Waals surface area contributed by atoms with Gasteiger partial charge in [0.2, 0.25) is 0 Å². The molecule has 0 N–H and O–H groups in total. The van der Waals surface area contributed by atoms with Gasteiger partial charge in [0.1, 0.15) is 0 Å². The van der Waals surface area contributed by atoms with Gasteiger partial charge in [-0.15, -0.1) is 13.2 Å². The third kappa shape index (κ3) is 6.36. The predicted molar refractivity (Wildman–Crippen MR) is 149 cm³/mol. The van der Waals surface area contributed by atoms with Gasteiger partial charge in [-0.05, 0) is 95.3 Å². The number of halogens is 1. The van der Waals surface area contributed by atoms with Crippen molar-refractivity contribution in [3.63, 3.8) is 0 Å². The molecule has 31 heavy (non-hydrogen) atoms. The smallest absolute Gasteiger partial charge is 0.0683 e. The molecule has 5 unspecified atom stereocenters. The minimum atomic E-state index is 0.0525. The maximum atomic E-state index is 6.55. The van der Waals surface area contributed by atoms with E-state index in [0.29, 0.717) is 11.3 Å². The van der Waals surface area contributed by atoms with Crippen LogP contribution in [0.3, 0.4) is 0 Å². The highest BCUT2D eigenvalue weighted by molar-refractivity contribution is 14.2. The Morgan fingerprint density at radius 1 is 1.16 bits per heavy atom. The molecule has 0 radical (unpaired) electrons. The molecular weight excluding hydrogens is 511 g/mol. The Morgan fingerprint density at radius 2 is 1.87 bits per heavy atom. The van der Waals surface area contributed by atoms with Crippen LogP contribution in [0.25, 0.3) is 0 Å². The SMILES string of the molecule is C=C.CC.CCCCCOC1(C)CCC2(C)C3=CCCCC3(C#CSI)CCC2C1C. The molecule has 0 saturated heterocycles. The number of unbranched alkanes of at least 4 members (excludes halogenated alkanes) is 2. The zero-order valence-corrected chi connectivity index (χ0v) is 24.1. The van der Waals surface area contributed by atoms with Crippen LogP contribution in [-0.4, -0.2) is 12.2 Å². The van der Waals surface area contributed by atoms with Crippen LogP contribution < -0.4 is 0 Å². The van der Waals surface area contributed by atoms with E-state index in [1.165, 1.54) is 64.2 Å². The van der Waals surface area contributed by atoms with E-state index in [1.54, 1.807) is 14.5 Å². The first kappa shape index (κ1) is 29.1. The molecule has 2 saturated carbocycles. The first-order valence-corrected chi connectivity index (χ1v) is 15.9. The summed E-state index contributed by atoms with van der Waals surface area (Å²) in [5, 5.41) is 3.38. The molecule has 0 heterocycles. The van der Waals surface area contributed by atoms with Crippen LogP contribution in [0.2, 0.25) is 0 Å².